The van der Waals surface area contributed by atoms with Crippen LogP contribution in [0.2, 0.25) is 0 Å². The Bertz CT molecular complexity index is 662. The second-order valence-electron chi connectivity index (χ2n) is 4.94. The summed E-state index contributed by atoms with van der Waals surface area (Å²) in [5.74, 6) is -0.0616. The fourth-order valence-electron chi connectivity index (χ4n) is 2.16. The number of carbonyl (C=O) groups excluding carboxylic acids is 2. The lowest BCUT2D eigenvalue weighted by molar-refractivity contribution is -0.116. The Balaban J connectivity index is 2.32. The van der Waals surface area contributed by atoms with Crippen molar-refractivity contribution in [2.75, 3.05) is 7.11 Å². The fraction of sp³-hybridized carbons (Fsp3) is 0.222. The number of rotatable bonds is 6. The highest BCUT2D eigenvalue weighted by Gasteiger charge is 2.17. The summed E-state index contributed by atoms with van der Waals surface area (Å²) in [6.45, 7) is 1.82. The normalized spacial score (nSPS) is 10.1. The average molecular weight is 298 g/mol. The van der Waals surface area contributed by atoms with E-state index in [4.69, 9.17) is 9.47 Å². The maximum absolute atomic E-state index is 11.9. The van der Waals surface area contributed by atoms with Crippen molar-refractivity contribution >= 4 is 11.8 Å². The third-order valence-corrected chi connectivity index (χ3v) is 3.17. The summed E-state index contributed by atoms with van der Waals surface area (Å²) < 4.78 is 10.6. The summed E-state index contributed by atoms with van der Waals surface area (Å²) in [4.78, 5) is 23.3. The van der Waals surface area contributed by atoms with Crippen LogP contribution in [0.15, 0.2) is 48.5 Å². The summed E-state index contributed by atoms with van der Waals surface area (Å²) in [5, 5.41) is 0. The first kappa shape index (κ1) is 15.8. The zero-order chi connectivity index (χ0) is 15.9. The SMILES string of the molecule is COC(=O)c1cccc(CC(C)=O)c1OCc1ccccc1. The van der Waals surface area contributed by atoms with Gasteiger partial charge in [-0.1, -0.05) is 42.5 Å². The number of para-hydroxylation sites is 1. The predicted molar refractivity (Wildman–Crippen MR) is 82.9 cm³/mol. The van der Waals surface area contributed by atoms with E-state index in [1.165, 1.54) is 14.0 Å². The molecule has 0 amide bonds. The molecule has 4 nitrogen and oxygen atoms in total. The van der Waals surface area contributed by atoms with Crippen LogP contribution in [0.25, 0.3) is 0 Å². The first-order chi connectivity index (χ1) is 10.6. The molecule has 0 aliphatic carbocycles. The molecule has 0 saturated carbocycles. The third kappa shape index (κ3) is 3.95. The second kappa shape index (κ2) is 7.41. The molecule has 0 aromatic heterocycles. The van der Waals surface area contributed by atoms with Crippen LogP contribution in [0.1, 0.15) is 28.4 Å². The van der Waals surface area contributed by atoms with Gasteiger partial charge in [0, 0.05) is 12.0 Å². The van der Waals surface area contributed by atoms with Gasteiger partial charge in [0.05, 0.1) is 7.11 Å². The van der Waals surface area contributed by atoms with Crippen LogP contribution in [0.5, 0.6) is 5.75 Å². The number of hydrogen-bond donors (Lipinski definition) is 0. The molecule has 2 rings (SSSR count). The lowest BCUT2D eigenvalue weighted by atomic mass is 10.0. The topological polar surface area (TPSA) is 52.6 Å². The van der Waals surface area contributed by atoms with E-state index in [9.17, 15) is 9.59 Å². The summed E-state index contributed by atoms with van der Waals surface area (Å²) >= 11 is 0. The van der Waals surface area contributed by atoms with Gasteiger partial charge >= 0.3 is 5.97 Å². The van der Waals surface area contributed by atoms with Crippen molar-refractivity contribution in [3.63, 3.8) is 0 Å². The number of methoxy groups -OCH3 is 1. The van der Waals surface area contributed by atoms with Crippen LogP contribution in [-0.2, 0) is 22.6 Å². The third-order valence-electron chi connectivity index (χ3n) is 3.17. The molecular weight excluding hydrogens is 280 g/mol. The minimum absolute atomic E-state index is 0.00609. The standard InChI is InChI=1S/C18H18O4/c1-13(19)11-15-9-6-10-16(18(20)21-2)17(15)22-12-14-7-4-3-5-8-14/h3-10H,11-12H2,1-2H3. The molecule has 0 unspecified atom stereocenters. The van der Waals surface area contributed by atoms with Crippen molar-refractivity contribution < 1.29 is 19.1 Å². The van der Waals surface area contributed by atoms with Crippen molar-refractivity contribution in [2.45, 2.75) is 20.0 Å². The lowest BCUT2D eigenvalue weighted by Crippen LogP contribution is -2.09. The largest absolute Gasteiger partial charge is 0.488 e. The molecule has 0 fully saturated rings. The average Bonchev–Trinajstić information content (AvgIpc) is 2.53. The molecule has 22 heavy (non-hydrogen) atoms. The Hall–Kier alpha value is -2.62. The zero-order valence-corrected chi connectivity index (χ0v) is 12.7. The number of carbonyl (C=O) groups is 2. The fourth-order valence-corrected chi connectivity index (χ4v) is 2.16. The van der Waals surface area contributed by atoms with Gasteiger partial charge in [0.1, 0.15) is 23.7 Å². The maximum Gasteiger partial charge on any atom is 0.341 e. The molecule has 4 heteroatoms. The van der Waals surface area contributed by atoms with Gasteiger partial charge in [-0.2, -0.15) is 0 Å². The Labute approximate surface area is 129 Å². The van der Waals surface area contributed by atoms with E-state index >= 15 is 0 Å². The number of hydrogen-bond acceptors (Lipinski definition) is 4. The number of benzene rings is 2. The van der Waals surface area contributed by atoms with Gasteiger partial charge < -0.3 is 9.47 Å². The van der Waals surface area contributed by atoms with Crippen molar-refractivity contribution in [3.8, 4) is 5.75 Å². The molecule has 0 heterocycles. The second-order valence-corrected chi connectivity index (χ2v) is 4.94. The summed E-state index contributed by atoms with van der Waals surface area (Å²) in [5.41, 5.74) is 2.00. The number of esters is 1. The van der Waals surface area contributed by atoms with E-state index in [0.717, 1.165) is 5.56 Å². The smallest absolute Gasteiger partial charge is 0.341 e. The summed E-state index contributed by atoms with van der Waals surface area (Å²) in [6.07, 6.45) is 0.217. The number of ketones is 1. The van der Waals surface area contributed by atoms with Gasteiger partial charge in [-0.05, 0) is 18.6 Å². The first-order valence-corrected chi connectivity index (χ1v) is 6.98. The molecule has 0 bridgehead atoms. The monoisotopic (exact) mass is 298 g/mol. The Morgan fingerprint density at radius 1 is 1.00 bits per heavy atom. The zero-order valence-electron chi connectivity index (χ0n) is 12.7. The van der Waals surface area contributed by atoms with Gasteiger partial charge in [0.25, 0.3) is 0 Å². The van der Waals surface area contributed by atoms with E-state index in [2.05, 4.69) is 0 Å². The highest BCUT2D eigenvalue weighted by molar-refractivity contribution is 5.93. The van der Waals surface area contributed by atoms with E-state index in [1.54, 1.807) is 18.2 Å². The van der Waals surface area contributed by atoms with Crippen molar-refractivity contribution in [1.82, 2.24) is 0 Å². The van der Waals surface area contributed by atoms with E-state index < -0.39 is 5.97 Å². The molecule has 114 valence electrons. The minimum Gasteiger partial charge on any atom is -0.488 e. The van der Waals surface area contributed by atoms with E-state index in [0.29, 0.717) is 23.5 Å². The van der Waals surface area contributed by atoms with Crippen molar-refractivity contribution in [1.29, 1.82) is 0 Å². The Morgan fingerprint density at radius 2 is 1.73 bits per heavy atom. The highest BCUT2D eigenvalue weighted by atomic mass is 16.5. The van der Waals surface area contributed by atoms with E-state index in [1.807, 2.05) is 30.3 Å². The maximum atomic E-state index is 11.9. The molecule has 2 aromatic rings. The van der Waals surface area contributed by atoms with Crippen LogP contribution in [0.3, 0.4) is 0 Å². The molecule has 0 saturated heterocycles. The first-order valence-electron chi connectivity index (χ1n) is 6.98. The van der Waals surface area contributed by atoms with Gasteiger partial charge in [-0.3, -0.25) is 4.79 Å². The van der Waals surface area contributed by atoms with Crippen LogP contribution in [0, 0.1) is 0 Å². The van der Waals surface area contributed by atoms with Crippen LogP contribution < -0.4 is 4.74 Å². The van der Waals surface area contributed by atoms with Gasteiger partial charge in [-0.15, -0.1) is 0 Å². The Kier molecular flexibility index (Phi) is 5.31. The quantitative estimate of drug-likeness (QED) is 0.769. The molecule has 2 aromatic carbocycles. The van der Waals surface area contributed by atoms with Crippen LogP contribution in [-0.4, -0.2) is 18.9 Å². The molecule has 0 aliphatic rings. The molecule has 0 radical (unpaired) electrons. The van der Waals surface area contributed by atoms with E-state index in [-0.39, 0.29) is 12.2 Å². The summed E-state index contributed by atoms with van der Waals surface area (Å²) in [6, 6.07) is 14.8. The highest BCUT2D eigenvalue weighted by Crippen LogP contribution is 2.26. The molecule has 0 atom stereocenters. The van der Waals surface area contributed by atoms with Gasteiger partial charge in [0.2, 0.25) is 0 Å². The van der Waals surface area contributed by atoms with Crippen LogP contribution >= 0.6 is 0 Å². The van der Waals surface area contributed by atoms with Gasteiger partial charge in [-0.25, -0.2) is 4.79 Å². The van der Waals surface area contributed by atoms with Crippen LogP contribution in [0.4, 0.5) is 0 Å². The van der Waals surface area contributed by atoms with Crippen molar-refractivity contribution in [2.24, 2.45) is 0 Å². The molecule has 0 spiro atoms. The Morgan fingerprint density at radius 3 is 2.36 bits per heavy atom. The molecule has 0 N–H and O–H groups in total. The summed E-state index contributed by atoms with van der Waals surface area (Å²) in [7, 11) is 1.32. The predicted octanol–water partition coefficient (Wildman–Crippen LogP) is 3.18. The number of Topliss-reactive ketones (excluding diaryl/α,β-unsaturated/α-hetero) is 1. The number of ether oxygens (including phenoxy) is 2. The minimum atomic E-state index is -0.478. The molecular formula is C18H18O4. The van der Waals surface area contributed by atoms with Gasteiger partial charge in [0.15, 0.2) is 0 Å². The molecule has 0 aliphatic heterocycles. The van der Waals surface area contributed by atoms with Crippen molar-refractivity contribution in [3.05, 3.63) is 65.2 Å². The lowest BCUT2D eigenvalue weighted by Gasteiger charge is -2.14.